The molecule has 1 amide bonds. The zero-order chi connectivity index (χ0) is 13.7. The first kappa shape index (κ1) is 14.1. The number of thioether (sulfide) groups is 1. The number of hydrogen-bond donors (Lipinski definition) is 0. The zero-order valence-electron chi connectivity index (χ0n) is 11.1. The van der Waals surface area contributed by atoms with E-state index in [4.69, 9.17) is 0 Å². The van der Waals surface area contributed by atoms with Gasteiger partial charge in [0.25, 0.3) is 0 Å². The van der Waals surface area contributed by atoms with E-state index in [1.807, 2.05) is 15.7 Å². The average Bonchev–Trinajstić information content (AvgIpc) is 2.98. The lowest BCUT2D eigenvalue weighted by Gasteiger charge is -2.16. The van der Waals surface area contributed by atoms with E-state index in [9.17, 15) is 9.59 Å². The number of rotatable bonds is 6. The molecule has 6 heteroatoms. The molecule has 5 nitrogen and oxygen atoms in total. The van der Waals surface area contributed by atoms with E-state index >= 15 is 0 Å². The molecule has 0 aromatic carbocycles. The van der Waals surface area contributed by atoms with E-state index in [1.54, 1.807) is 19.4 Å². The highest BCUT2D eigenvalue weighted by Gasteiger charge is 2.29. The van der Waals surface area contributed by atoms with Crippen LogP contribution in [-0.2, 0) is 16.1 Å². The molecule has 1 atom stereocenters. The SMILES string of the molecule is CC(=O)SCC1CC(=O)N(CCCn2ccnc2)C1. The van der Waals surface area contributed by atoms with Crippen LogP contribution in [0.4, 0.5) is 0 Å². The molecule has 0 aliphatic carbocycles. The third kappa shape index (κ3) is 4.38. The van der Waals surface area contributed by atoms with Gasteiger partial charge >= 0.3 is 0 Å². The fraction of sp³-hybridized carbons (Fsp3) is 0.615. The Kier molecular flexibility index (Phi) is 5.01. The van der Waals surface area contributed by atoms with Gasteiger partial charge in [-0.15, -0.1) is 0 Å². The smallest absolute Gasteiger partial charge is 0.222 e. The molecule has 0 N–H and O–H groups in total. The molecule has 1 aliphatic heterocycles. The molecule has 0 saturated carbocycles. The van der Waals surface area contributed by atoms with Crippen LogP contribution in [0.25, 0.3) is 0 Å². The molecule has 1 saturated heterocycles. The van der Waals surface area contributed by atoms with Gasteiger partial charge in [-0.05, 0) is 12.3 Å². The Morgan fingerprint density at radius 2 is 2.37 bits per heavy atom. The third-order valence-corrected chi connectivity index (χ3v) is 4.27. The van der Waals surface area contributed by atoms with Crippen LogP contribution in [0.3, 0.4) is 0 Å². The van der Waals surface area contributed by atoms with E-state index in [-0.39, 0.29) is 11.0 Å². The lowest BCUT2D eigenvalue weighted by atomic mass is 10.1. The number of carbonyl (C=O) groups excluding carboxylic acids is 2. The van der Waals surface area contributed by atoms with Crippen molar-refractivity contribution in [3.8, 4) is 0 Å². The molecule has 2 heterocycles. The van der Waals surface area contributed by atoms with Crippen LogP contribution in [0.1, 0.15) is 19.8 Å². The maximum Gasteiger partial charge on any atom is 0.222 e. The molecule has 1 unspecified atom stereocenters. The summed E-state index contributed by atoms with van der Waals surface area (Å²) in [7, 11) is 0. The summed E-state index contributed by atoms with van der Waals surface area (Å²) >= 11 is 1.32. The summed E-state index contributed by atoms with van der Waals surface area (Å²) in [5.74, 6) is 1.31. The van der Waals surface area contributed by atoms with Gasteiger partial charge in [-0.2, -0.15) is 0 Å². The molecule has 1 aliphatic rings. The molecule has 104 valence electrons. The number of amides is 1. The first-order chi connectivity index (χ1) is 9.15. The maximum atomic E-state index is 11.8. The van der Waals surface area contributed by atoms with E-state index in [1.165, 1.54) is 11.8 Å². The van der Waals surface area contributed by atoms with Crippen molar-refractivity contribution in [2.75, 3.05) is 18.8 Å². The van der Waals surface area contributed by atoms with Gasteiger partial charge in [-0.1, -0.05) is 11.8 Å². The minimum absolute atomic E-state index is 0.131. The van der Waals surface area contributed by atoms with E-state index < -0.39 is 0 Å². The second-order valence-corrected chi connectivity index (χ2v) is 6.06. The average molecular weight is 281 g/mol. The number of nitrogens with zero attached hydrogens (tertiary/aromatic N) is 3. The summed E-state index contributed by atoms with van der Waals surface area (Å²) in [5.41, 5.74) is 0. The highest BCUT2D eigenvalue weighted by Crippen LogP contribution is 2.22. The zero-order valence-corrected chi connectivity index (χ0v) is 11.9. The van der Waals surface area contributed by atoms with E-state index in [0.717, 1.165) is 31.8 Å². The highest BCUT2D eigenvalue weighted by atomic mass is 32.2. The van der Waals surface area contributed by atoms with Crippen LogP contribution in [0.5, 0.6) is 0 Å². The van der Waals surface area contributed by atoms with Crippen LogP contribution in [0, 0.1) is 5.92 Å². The second-order valence-electron chi connectivity index (χ2n) is 4.87. The number of carbonyl (C=O) groups is 2. The Hall–Kier alpha value is -1.30. The summed E-state index contributed by atoms with van der Waals surface area (Å²) < 4.78 is 2.02. The molecule has 0 bridgehead atoms. The van der Waals surface area contributed by atoms with Crippen molar-refractivity contribution in [3.05, 3.63) is 18.7 Å². The first-order valence-electron chi connectivity index (χ1n) is 6.52. The Morgan fingerprint density at radius 1 is 1.53 bits per heavy atom. The number of hydrogen-bond acceptors (Lipinski definition) is 4. The fourth-order valence-corrected chi connectivity index (χ4v) is 2.97. The Balaban J connectivity index is 1.69. The molecule has 0 radical (unpaired) electrons. The first-order valence-corrected chi connectivity index (χ1v) is 7.50. The van der Waals surface area contributed by atoms with E-state index in [0.29, 0.717) is 12.3 Å². The highest BCUT2D eigenvalue weighted by molar-refractivity contribution is 8.13. The van der Waals surface area contributed by atoms with Crippen molar-refractivity contribution in [1.82, 2.24) is 14.5 Å². The van der Waals surface area contributed by atoms with Crippen LogP contribution in [0.15, 0.2) is 18.7 Å². The molecule has 0 spiro atoms. The van der Waals surface area contributed by atoms with Gasteiger partial charge in [-0.3, -0.25) is 9.59 Å². The predicted octanol–water partition coefficient (Wildman–Crippen LogP) is 1.40. The molecular formula is C13H19N3O2S. The molecule has 1 aromatic heterocycles. The number of likely N-dealkylation sites (tertiary alicyclic amines) is 1. The van der Waals surface area contributed by atoms with Crippen molar-refractivity contribution in [2.45, 2.75) is 26.3 Å². The van der Waals surface area contributed by atoms with Crippen LogP contribution >= 0.6 is 11.8 Å². The van der Waals surface area contributed by atoms with Crippen molar-refractivity contribution in [3.63, 3.8) is 0 Å². The van der Waals surface area contributed by atoms with E-state index in [2.05, 4.69) is 4.98 Å². The molecular weight excluding hydrogens is 262 g/mol. The normalized spacial score (nSPS) is 19.1. The third-order valence-electron chi connectivity index (χ3n) is 3.22. The number of aromatic nitrogens is 2. The minimum Gasteiger partial charge on any atom is -0.342 e. The topological polar surface area (TPSA) is 55.2 Å². The molecule has 1 aromatic rings. The van der Waals surface area contributed by atoms with Crippen LogP contribution < -0.4 is 0 Å². The monoisotopic (exact) mass is 281 g/mol. The van der Waals surface area contributed by atoms with Gasteiger partial charge in [0.15, 0.2) is 5.12 Å². The lowest BCUT2D eigenvalue weighted by Crippen LogP contribution is -2.27. The van der Waals surface area contributed by atoms with Gasteiger partial charge in [-0.25, -0.2) is 4.98 Å². The Labute approximate surface area is 117 Å². The Morgan fingerprint density at radius 3 is 3.05 bits per heavy atom. The minimum atomic E-state index is 0.131. The van der Waals surface area contributed by atoms with Gasteiger partial charge in [0.1, 0.15) is 0 Å². The molecule has 1 fully saturated rings. The van der Waals surface area contributed by atoms with Crippen molar-refractivity contribution in [2.24, 2.45) is 5.92 Å². The van der Waals surface area contributed by atoms with Crippen molar-refractivity contribution >= 4 is 22.8 Å². The standard InChI is InChI=1S/C13H19N3O2S/c1-11(17)19-9-12-7-13(18)16(8-12)5-2-4-15-6-3-14-10-15/h3,6,10,12H,2,4-5,7-9H2,1H3. The summed E-state index contributed by atoms with van der Waals surface area (Å²) in [6.45, 7) is 4.04. The summed E-state index contributed by atoms with van der Waals surface area (Å²) in [4.78, 5) is 28.7. The number of aryl methyl sites for hydroxylation is 1. The van der Waals surface area contributed by atoms with Gasteiger partial charge < -0.3 is 9.47 Å². The largest absolute Gasteiger partial charge is 0.342 e. The van der Waals surface area contributed by atoms with Crippen LogP contribution in [0.2, 0.25) is 0 Å². The molecule has 2 rings (SSSR count). The Bertz CT molecular complexity index is 433. The van der Waals surface area contributed by atoms with Crippen LogP contribution in [-0.4, -0.2) is 44.3 Å². The predicted molar refractivity (Wildman–Crippen MR) is 74.7 cm³/mol. The van der Waals surface area contributed by atoms with Gasteiger partial charge in [0, 0.05) is 51.1 Å². The number of imidazole rings is 1. The van der Waals surface area contributed by atoms with Crippen molar-refractivity contribution in [1.29, 1.82) is 0 Å². The van der Waals surface area contributed by atoms with Crippen molar-refractivity contribution < 1.29 is 9.59 Å². The van der Waals surface area contributed by atoms with Gasteiger partial charge in [0.2, 0.25) is 5.91 Å². The second kappa shape index (κ2) is 6.75. The fourth-order valence-electron chi connectivity index (χ4n) is 2.28. The quantitative estimate of drug-likeness (QED) is 0.791. The van der Waals surface area contributed by atoms with Gasteiger partial charge in [0.05, 0.1) is 6.33 Å². The lowest BCUT2D eigenvalue weighted by molar-refractivity contribution is -0.127. The summed E-state index contributed by atoms with van der Waals surface area (Å²) in [6.07, 6.45) is 7.01. The summed E-state index contributed by atoms with van der Waals surface area (Å²) in [5, 5.41) is 0.131. The summed E-state index contributed by atoms with van der Waals surface area (Å²) in [6, 6.07) is 0. The maximum absolute atomic E-state index is 11.8. The molecule has 19 heavy (non-hydrogen) atoms.